The van der Waals surface area contributed by atoms with Crippen molar-refractivity contribution in [3.63, 3.8) is 0 Å². The number of aliphatic hydroxyl groups is 1. The Hall–Kier alpha value is -0.720. The number of hydrogen-bond acceptors (Lipinski definition) is 4. The minimum absolute atomic E-state index is 0.646. The van der Waals surface area contributed by atoms with E-state index in [1.165, 1.54) is 11.3 Å². The quantitative estimate of drug-likeness (QED) is 0.944. The van der Waals surface area contributed by atoms with Gasteiger partial charge < -0.3 is 5.11 Å². The Kier molecular flexibility index (Phi) is 3.73. The lowest BCUT2D eigenvalue weighted by Crippen LogP contribution is -1.98. The molecule has 0 aliphatic rings. The van der Waals surface area contributed by atoms with Crippen LogP contribution in [0.2, 0.25) is 0 Å². The zero-order chi connectivity index (χ0) is 11.5. The van der Waals surface area contributed by atoms with E-state index in [1.807, 2.05) is 10.9 Å². The summed E-state index contributed by atoms with van der Waals surface area (Å²) in [6.45, 7) is 2.97. The lowest BCUT2D eigenvalue weighted by atomic mass is 10.2. The standard InChI is InChI=1S/C10H12BrN3OS/c1-2-3-14-5-7(4-13-14)8(15)9-10(11)12-6-16-9/h4-6,8,15H,2-3H2,1H3. The van der Waals surface area contributed by atoms with Crippen LogP contribution in [-0.4, -0.2) is 19.9 Å². The van der Waals surface area contributed by atoms with Gasteiger partial charge in [0.15, 0.2) is 0 Å². The highest BCUT2D eigenvalue weighted by atomic mass is 79.9. The highest BCUT2D eigenvalue weighted by molar-refractivity contribution is 9.10. The first kappa shape index (κ1) is 11.8. The van der Waals surface area contributed by atoms with Gasteiger partial charge in [0.25, 0.3) is 0 Å². The molecule has 1 atom stereocenters. The van der Waals surface area contributed by atoms with Gasteiger partial charge in [-0.15, -0.1) is 11.3 Å². The first-order chi connectivity index (χ1) is 7.72. The topological polar surface area (TPSA) is 50.9 Å². The SMILES string of the molecule is CCCn1cc(C(O)c2scnc2Br)cn1. The van der Waals surface area contributed by atoms with Crippen molar-refractivity contribution in [2.75, 3.05) is 0 Å². The van der Waals surface area contributed by atoms with Crippen molar-refractivity contribution in [1.29, 1.82) is 0 Å². The van der Waals surface area contributed by atoms with Gasteiger partial charge in [0.2, 0.25) is 0 Å². The lowest BCUT2D eigenvalue weighted by molar-refractivity contribution is 0.223. The number of aryl methyl sites for hydroxylation is 1. The number of aliphatic hydroxyl groups excluding tert-OH is 1. The normalized spacial score (nSPS) is 12.9. The molecule has 0 bridgehead atoms. The van der Waals surface area contributed by atoms with Crippen LogP contribution in [0, 0.1) is 0 Å². The minimum Gasteiger partial charge on any atom is -0.383 e. The van der Waals surface area contributed by atoms with Crippen molar-refractivity contribution in [2.45, 2.75) is 26.0 Å². The van der Waals surface area contributed by atoms with Crippen LogP contribution in [0.25, 0.3) is 0 Å². The fraction of sp³-hybridized carbons (Fsp3) is 0.400. The maximum atomic E-state index is 10.1. The zero-order valence-electron chi connectivity index (χ0n) is 8.80. The van der Waals surface area contributed by atoms with Gasteiger partial charge in [-0.2, -0.15) is 5.10 Å². The molecule has 0 fully saturated rings. The Bertz CT molecular complexity index is 468. The van der Waals surface area contributed by atoms with E-state index < -0.39 is 6.10 Å². The smallest absolute Gasteiger partial charge is 0.123 e. The molecular weight excluding hydrogens is 290 g/mol. The molecular formula is C10H12BrN3OS. The molecule has 1 unspecified atom stereocenters. The first-order valence-electron chi connectivity index (χ1n) is 5.01. The molecule has 16 heavy (non-hydrogen) atoms. The molecule has 0 saturated heterocycles. The highest BCUT2D eigenvalue weighted by Gasteiger charge is 2.17. The molecule has 2 rings (SSSR count). The van der Waals surface area contributed by atoms with Crippen LogP contribution in [0.4, 0.5) is 0 Å². The summed E-state index contributed by atoms with van der Waals surface area (Å²) in [5.74, 6) is 0. The van der Waals surface area contributed by atoms with Crippen LogP contribution in [0.1, 0.15) is 29.9 Å². The summed E-state index contributed by atoms with van der Waals surface area (Å²) in [6, 6.07) is 0. The molecule has 0 amide bonds. The van der Waals surface area contributed by atoms with E-state index in [1.54, 1.807) is 11.7 Å². The largest absolute Gasteiger partial charge is 0.383 e. The molecule has 6 heteroatoms. The van der Waals surface area contributed by atoms with Crippen molar-refractivity contribution in [2.24, 2.45) is 0 Å². The van der Waals surface area contributed by atoms with Crippen molar-refractivity contribution < 1.29 is 5.11 Å². The van der Waals surface area contributed by atoms with E-state index in [-0.39, 0.29) is 0 Å². The second-order valence-electron chi connectivity index (χ2n) is 3.45. The van der Waals surface area contributed by atoms with E-state index in [2.05, 4.69) is 32.9 Å². The van der Waals surface area contributed by atoms with E-state index in [0.717, 1.165) is 23.4 Å². The maximum absolute atomic E-state index is 10.1. The molecule has 2 aromatic rings. The number of aromatic nitrogens is 3. The van der Waals surface area contributed by atoms with E-state index >= 15 is 0 Å². The summed E-state index contributed by atoms with van der Waals surface area (Å²) in [5, 5.41) is 14.3. The molecule has 0 aliphatic heterocycles. The summed E-state index contributed by atoms with van der Waals surface area (Å²) in [4.78, 5) is 4.87. The molecule has 0 spiro atoms. The second kappa shape index (κ2) is 5.07. The number of hydrogen-bond donors (Lipinski definition) is 1. The predicted octanol–water partition coefficient (Wildman–Crippen LogP) is 2.59. The van der Waals surface area contributed by atoms with Gasteiger partial charge in [-0.3, -0.25) is 4.68 Å². The number of rotatable bonds is 4. The van der Waals surface area contributed by atoms with Gasteiger partial charge in [0.05, 0.1) is 16.6 Å². The number of thiazole rings is 1. The Labute approximate surface area is 106 Å². The van der Waals surface area contributed by atoms with Crippen LogP contribution in [-0.2, 0) is 6.54 Å². The van der Waals surface area contributed by atoms with Crippen LogP contribution in [0.15, 0.2) is 22.5 Å². The van der Waals surface area contributed by atoms with Crippen LogP contribution < -0.4 is 0 Å². The minimum atomic E-state index is -0.646. The van der Waals surface area contributed by atoms with Crippen molar-refractivity contribution in [3.8, 4) is 0 Å². The first-order valence-corrected chi connectivity index (χ1v) is 6.69. The van der Waals surface area contributed by atoms with Crippen LogP contribution >= 0.6 is 27.3 Å². The summed E-state index contributed by atoms with van der Waals surface area (Å²) >= 11 is 4.74. The lowest BCUT2D eigenvalue weighted by Gasteiger charge is -2.05. The fourth-order valence-corrected chi connectivity index (χ4v) is 2.86. The Morgan fingerprint density at radius 3 is 3.06 bits per heavy atom. The van der Waals surface area contributed by atoms with E-state index in [4.69, 9.17) is 0 Å². The summed E-state index contributed by atoms with van der Waals surface area (Å²) in [6.07, 6.45) is 3.96. The van der Waals surface area contributed by atoms with Gasteiger partial charge in [-0.05, 0) is 22.4 Å². The Morgan fingerprint density at radius 2 is 2.44 bits per heavy atom. The van der Waals surface area contributed by atoms with Crippen molar-refractivity contribution >= 4 is 27.3 Å². The summed E-state index contributed by atoms with van der Waals surface area (Å²) in [5.41, 5.74) is 2.51. The monoisotopic (exact) mass is 301 g/mol. The Balaban J connectivity index is 2.20. The van der Waals surface area contributed by atoms with Crippen LogP contribution in [0.5, 0.6) is 0 Å². The molecule has 86 valence electrons. The number of halogens is 1. The molecule has 0 aliphatic carbocycles. The van der Waals surface area contributed by atoms with Gasteiger partial charge in [0, 0.05) is 18.3 Å². The maximum Gasteiger partial charge on any atom is 0.123 e. The van der Waals surface area contributed by atoms with E-state index in [9.17, 15) is 5.11 Å². The third-order valence-electron chi connectivity index (χ3n) is 2.22. The molecule has 0 aromatic carbocycles. The molecule has 1 N–H and O–H groups in total. The predicted molar refractivity (Wildman–Crippen MR) is 66.4 cm³/mol. The average molecular weight is 302 g/mol. The molecule has 4 nitrogen and oxygen atoms in total. The van der Waals surface area contributed by atoms with Crippen LogP contribution in [0.3, 0.4) is 0 Å². The summed E-state index contributed by atoms with van der Waals surface area (Å²) in [7, 11) is 0. The summed E-state index contributed by atoms with van der Waals surface area (Å²) < 4.78 is 2.54. The van der Waals surface area contributed by atoms with Gasteiger partial charge >= 0.3 is 0 Å². The molecule has 2 aromatic heterocycles. The number of nitrogens with zero attached hydrogens (tertiary/aromatic N) is 3. The van der Waals surface area contributed by atoms with Crippen molar-refractivity contribution in [1.82, 2.24) is 14.8 Å². The fourth-order valence-electron chi connectivity index (χ4n) is 1.44. The highest BCUT2D eigenvalue weighted by Crippen LogP contribution is 2.30. The van der Waals surface area contributed by atoms with Gasteiger partial charge in [-0.25, -0.2) is 4.98 Å². The molecule has 2 heterocycles. The average Bonchev–Trinajstić information content (AvgIpc) is 2.87. The third-order valence-corrected chi connectivity index (χ3v) is 3.99. The van der Waals surface area contributed by atoms with Crippen molar-refractivity contribution in [3.05, 3.63) is 32.9 Å². The molecule has 0 saturated carbocycles. The van der Waals surface area contributed by atoms with E-state index in [0.29, 0.717) is 4.60 Å². The Morgan fingerprint density at radius 1 is 1.62 bits per heavy atom. The molecule has 0 radical (unpaired) electrons. The van der Waals surface area contributed by atoms with Gasteiger partial charge in [0.1, 0.15) is 10.7 Å². The van der Waals surface area contributed by atoms with Gasteiger partial charge in [-0.1, -0.05) is 6.92 Å². The second-order valence-corrected chi connectivity index (χ2v) is 5.08. The zero-order valence-corrected chi connectivity index (χ0v) is 11.2. The third kappa shape index (κ3) is 2.34.